The topological polar surface area (TPSA) is 61.8 Å². The van der Waals surface area contributed by atoms with Gasteiger partial charge in [-0.2, -0.15) is 24.9 Å². The highest BCUT2D eigenvalue weighted by Crippen LogP contribution is 2.39. The number of likely N-dealkylation sites (tertiary alicyclic amines) is 1. The summed E-state index contributed by atoms with van der Waals surface area (Å²) in [7, 11) is 0. The fraction of sp³-hybridized carbons (Fsp3) is 0.938. The second-order valence-electron chi connectivity index (χ2n) is 7.30. The monoisotopic (exact) mass is 382 g/mol. The van der Waals surface area contributed by atoms with Gasteiger partial charge in [0.15, 0.2) is 0 Å². The molecule has 3 saturated heterocycles. The third-order valence-corrected chi connectivity index (χ3v) is 6.79. The quantitative estimate of drug-likeness (QED) is 0.769. The molecule has 3 rings (SSSR count). The van der Waals surface area contributed by atoms with Gasteiger partial charge in [-0.25, -0.2) is 4.79 Å². The lowest BCUT2D eigenvalue weighted by atomic mass is 9.85. The standard InChI is InChI=1S/C16H25F3N2O3S/c17-16(18,19)13-1-4-21(8-11(13)9-22)14(23)20-12-2-5-24-15(7-12)3-6-25-10-15/h11-13,22H,1-10H2,(H,20,23). The zero-order chi connectivity index (χ0) is 18.1. The number of piperidine rings is 1. The first-order valence-corrected chi connectivity index (χ1v) is 9.93. The Bertz CT molecular complexity index is 486. The van der Waals surface area contributed by atoms with E-state index < -0.39 is 24.6 Å². The summed E-state index contributed by atoms with van der Waals surface area (Å²) in [5, 5.41) is 12.3. The lowest BCUT2D eigenvalue weighted by Gasteiger charge is -2.41. The van der Waals surface area contributed by atoms with E-state index in [1.54, 1.807) is 0 Å². The van der Waals surface area contributed by atoms with E-state index in [4.69, 9.17) is 4.74 Å². The summed E-state index contributed by atoms with van der Waals surface area (Å²) < 4.78 is 44.9. The minimum absolute atomic E-state index is 0.00661. The molecule has 0 radical (unpaired) electrons. The van der Waals surface area contributed by atoms with E-state index in [2.05, 4.69) is 5.32 Å². The van der Waals surface area contributed by atoms with Gasteiger partial charge in [-0.15, -0.1) is 0 Å². The maximum Gasteiger partial charge on any atom is 0.392 e. The summed E-state index contributed by atoms with van der Waals surface area (Å²) in [6.45, 7) is 0.0416. The van der Waals surface area contributed by atoms with Crippen LogP contribution in [0, 0.1) is 11.8 Å². The number of carbonyl (C=O) groups excluding carboxylic acids is 1. The minimum atomic E-state index is -4.33. The number of rotatable bonds is 2. The van der Waals surface area contributed by atoms with Crippen LogP contribution in [-0.2, 0) is 4.74 Å². The molecule has 2 amide bonds. The molecule has 0 aromatic carbocycles. The first kappa shape index (κ1) is 19.1. The highest BCUT2D eigenvalue weighted by molar-refractivity contribution is 7.99. The molecule has 0 saturated carbocycles. The maximum absolute atomic E-state index is 13.0. The van der Waals surface area contributed by atoms with Gasteiger partial charge in [-0.05, 0) is 31.4 Å². The molecule has 3 fully saturated rings. The van der Waals surface area contributed by atoms with Gasteiger partial charge < -0.3 is 20.1 Å². The van der Waals surface area contributed by atoms with Crippen molar-refractivity contribution in [1.29, 1.82) is 0 Å². The van der Waals surface area contributed by atoms with Crippen LogP contribution in [0.15, 0.2) is 0 Å². The van der Waals surface area contributed by atoms with E-state index in [-0.39, 0.29) is 37.2 Å². The van der Waals surface area contributed by atoms with Crippen molar-refractivity contribution in [2.75, 3.05) is 37.8 Å². The van der Waals surface area contributed by atoms with Gasteiger partial charge in [0.2, 0.25) is 0 Å². The van der Waals surface area contributed by atoms with Crippen LogP contribution in [0.25, 0.3) is 0 Å². The number of ether oxygens (including phenoxy) is 1. The molecule has 4 atom stereocenters. The molecule has 4 unspecified atom stereocenters. The lowest BCUT2D eigenvalue weighted by Crippen LogP contribution is -2.55. The average molecular weight is 382 g/mol. The van der Waals surface area contributed by atoms with Gasteiger partial charge in [0.05, 0.1) is 11.5 Å². The Hall–Kier alpha value is -0.670. The van der Waals surface area contributed by atoms with Crippen molar-refractivity contribution in [2.45, 2.75) is 43.5 Å². The number of hydrogen-bond acceptors (Lipinski definition) is 4. The van der Waals surface area contributed by atoms with Crippen molar-refractivity contribution >= 4 is 17.8 Å². The van der Waals surface area contributed by atoms with Crippen molar-refractivity contribution in [1.82, 2.24) is 10.2 Å². The van der Waals surface area contributed by atoms with Crippen molar-refractivity contribution < 1.29 is 27.8 Å². The Kier molecular flexibility index (Phi) is 5.75. The van der Waals surface area contributed by atoms with Gasteiger partial charge in [0.25, 0.3) is 0 Å². The van der Waals surface area contributed by atoms with E-state index in [1.807, 2.05) is 11.8 Å². The van der Waals surface area contributed by atoms with Crippen molar-refractivity contribution in [3.05, 3.63) is 0 Å². The molecule has 0 aromatic heterocycles. The van der Waals surface area contributed by atoms with Crippen LogP contribution in [0.2, 0.25) is 0 Å². The summed E-state index contributed by atoms with van der Waals surface area (Å²) in [5.74, 6) is -0.498. The number of amides is 2. The largest absolute Gasteiger partial charge is 0.396 e. The van der Waals surface area contributed by atoms with Crippen LogP contribution in [0.5, 0.6) is 0 Å². The molecule has 9 heteroatoms. The summed E-state index contributed by atoms with van der Waals surface area (Å²) in [6.07, 6.45) is -2.03. The molecular weight excluding hydrogens is 357 g/mol. The van der Waals surface area contributed by atoms with Crippen LogP contribution in [-0.4, -0.2) is 71.7 Å². The fourth-order valence-electron chi connectivity index (χ4n) is 4.11. The molecule has 2 N–H and O–H groups in total. The SMILES string of the molecule is O=C(NC1CCOC2(CCSC2)C1)N1CCC(C(F)(F)F)C(CO)C1. The van der Waals surface area contributed by atoms with Gasteiger partial charge in [-0.1, -0.05) is 0 Å². The minimum Gasteiger partial charge on any atom is -0.396 e. The Morgan fingerprint density at radius 1 is 1.40 bits per heavy atom. The first-order valence-electron chi connectivity index (χ1n) is 8.78. The molecular formula is C16H25F3N2O3S. The number of alkyl halides is 3. The summed E-state index contributed by atoms with van der Waals surface area (Å²) in [4.78, 5) is 13.9. The average Bonchev–Trinajstić information content (AvgIpc) is 3.01. The maximum atomic E-state index is 13.0. The molecule has 0 bridgehead atoms. The molecule has 3 heterocycles. The molecule has 0 aliphatic carbocycles. The zero-order valence-electron chi connectivity index (χ0n) is 14.1. The number of urea groups is 1. The van der Waals surface area contributed by atoms with E-state index in [0.29, 0.717) is 6.61 Å². The predicted octanol–water partition coefficient (Wildman–Crippen LogP) is 2.24. The number of nitrogens with zero attached hydrogens (tertiary/aromatic N) is 1. The first-order chi connectivity index (χ1) is 11.8. The molecule has 3 aliphatic rings. The number of aliphatic hydroxyl groups excluding tert-OH is 1. The van der Waals surface area contributed by atoms with Gasteiger partial charge >= 0.3 is 12.2 Å². The third kappa shape index (κ3) is 4.36. The van der Waals surface area contributed by atoms with E-state index >= 15 is 0 Å². The third-order valence-electron chi connectivity index (χ3n) is 5.56. The van der Waals surface area contributed by atoms with Crippen molar-refractivity contribution in [2.24, 2.45) is 11.8 Å². The fourth-order valence-corrected chi connectivity index (χ4v) is 5.49. The number of aliphatic hydroxyl groups is 1. The number of thioether (sulfide) groups is 1. The molecule has 1 spiro atoms. The van der Waals surface area contributed by atoms with E-state index in [9.17, 15) is 23.1 Å². The summed E-state index contributed by atoms with van der Waals surface area (Å²) >= 11 is 1.85. The lowest BCUT2D eigenvalue weighted by molar-refractivity contribution is -0.202. The van der Waals surface area contributed by atoms with Crippen molar-refractivity contribution in [3.8, 4) is 0 Å². The van der Waals surface area contributed by atoms with E-state index in [1.165, 1.54) is 4.90 Å². The molecule has 144 valence electrons. The molecule has 25 heavy (non-hydrogen) atoms. The van der Waals surface area contributed by atoms with Gasteiger partial charge in [-0.3, -0.25) is 0 Å². The van der Waals surface area contributed by atoms with Crippen LogP contribution < -0.4 is 5.32 Å². The van der Waals surface area contributed by atoms with Crippen LogP contribution >= 0.6 is 11.8 Å². The second-order valence-corrected chi connectivity index (χ2v) is 8.40. The normalized spacial score (nSPS) is 36.6. The molecule has 0 aromatic rings. The Labute approximate surface area is 149 Å². The highest BCUT2D eigenvalue weighted by Gasteiger charge is 2.47. The Balaban J connectivity index is 1.55. The Morgan fingerprint density at radius 3 is 2.84 bits per heavy atom. The predicted molar refractivity (Wildman–Crippen MR) is 88.5 cm³/mol. The Morgan fingerprint density at radius 2 is 2.20 bits per heavy atom. The molecule has 5 nitrogen and oxygen atoms in total. The van der Waals surface area contributed by atoms with Crippen LogP contribution in [0.4, 0.5) is 18.0 Å². The van der Waals surface area contributed by atoms with Gasteiger partial charge in [0, 0.05) is 44.0 Å². The number of hydrogen-bond donors (Lipinski definition) is 2. The van der Waals surface area contributed by atoms with Crippen LogP contribution in [0.3, 0.4) is 0 Å². The summed E-state index contributed by atoms with van der Waals surface area (Å²) in [5.41, 5.74) is -0.155. The smallest absolute Gasteiger partial charge is 0.392 e. The van der Waals surface area contributed by atoms with Crippen molar-refractivity contribution in [3.63, 3.8) is 0 Å². The number of halogens is 3. The van der Waals surface area contributed by atoms with E-state index in [0.717, 1.165) is 30.8 Å². The van der Waals surface area contributed by atoms with Crippen LogP contribution in [0.1, 0.15) is 25.7 Å². The zero-order valence-corrected chi connectivity index (χ0v) is 14.9. The second kappa shape index (κ2) is 7.52. The number of nitrogens with one attached hydrogen (secondary N) is 1. The van der Waals surface area contributed by atoms with Gasteiger partial charge in [0.1, 0.15) is 0 Å². The highest BCUT2D eigenvalue weighted by atomic mass is 32.2. The summed E-state index contributed by atoms with van der Waals surface area (Å²) in [6, 6.07) is -0.334. The number of carbonyl (C=O) groups is 1. The molecule has 3 aliphatic heterocycles.